The third kappa shape index (κ3) is 2.95. The Kier molecular flexibility index (Phi) is 4.34. The number of aromatic nitrogens is 1. The van der Waals surface area contributed by atoms with Crippen LogP contribution in [0.2, 0.25) is 0 Å². The van der Waals surface area contributed by atoms with Gasteiger partial charge >= 0.3 is 0 Å². The molecule has 2 N–H and O–H groups in total. The van der Waals surface area contributed by atoms with E-state index in [0.717, 1.165) is 21.7 Å². The Morgan fingerprint density at radius 3 is 2.86 bits per heavy atom. The fraction of sp³-hybridized carbons (Fsp3) is 0.286. The molecule has 3 rings (SSSR count). The number of benzene rings is 1. The molecule has 6 nitrogen and oxygen atoms in total. The summed E-state index contributed by atoms with van der Waals surface area (Å²) >= 11 is 0.0919. The van der Waals surface area contributed by atoms with Crippen molar-refractivity contribution in [1.29, 1.82) is 0 Å². The van der Waals surface area contributed by atoms with Crippen molar-refractivity contribution in [1.82, 2.24) is 14.0 Å². The number of phenols is 1. The topological polar surface area (TPSA) is 82.5 Å². The van der Waals surface area contributed by atoms with Gasteiger partial charge in [0, 0.05) is 13.2 Å². The van der Waals surface area contributed by atoms with Gasteiger partial charge in [-0.25, -0.2) is 18.2 Å². The van der Waals surface area contributed by atoms with Gasteiger partial charge in [-0.2, -0.15) is 0 Å². The molecule has 1 aromatic heterocycles. The average molecular weight is 337 g/mol. The summed E-state index contributed by atoms with van der Waals surface area (Å²) in [5, 5.41) is 10.1. The zero-order valence-corrected chi connectivity index (χ0v) is 13.4. The van der Waals surface area contributed by atoms with Crippen molar-refractivity contribution >= 4 is 28.8 Å². The maximum atomic E-state index is 12.0. The monoisotopic (exact) mass is 337 g/mol. The van der Waals surface area contributed by atoms with E-state index in [4.69, 9.17) is 0 Å². The molecule has 0 bridgehead atoms. The second kappa shape index (κ2) is 6.25. The molecule has 8 heteroatoms. The van der Waals surface area contributed by atoms with Gasteiger partial charge in [0.1, 0.15) is 17.0 Å². The first-order valence-corrected chi connectivity index (χ1v) is 8.62. The van der Waals surface area contributed by atoms with Crippen LogP contribution in [0.15, 0.2) is 30.5 Å². The van der Waals surface area contributed by atoms with Crippen molar-refractivity contribution in [2.24, 2.45) is 0 Å². The summed E-state index contributed by atoms with van der Waals surface area (Å²) in [6.07, 6.45) is 3.11. The lowest BCUT2D eigenvalue weighted by Crippen LogP contribution is -2.48. The average Bonchev–Trinajstić information content (AvgIpc) is 3.00. The van der Waals surface area contributed by atoms with Crippen LogP contribution in [0.1, 0.15) is 17.5 Å². The van der Waals surface area contributed by atoms with Gasteiger partial charge in [0.2, 0.25) is 0 Å². The van der Waals surface area contributed by atoms with Gasteiger partial charge in [-0.15, -0.1) is 11.3 Å². The second-order valence-corrected chi connectivity index (χ2v) is 7.39. The summed E-state index contributed by atoms with van der Waals surface area (Å²) in [5.41, 5.74) is 0.961. The first-order valence-electron chi connectivity index (χ1n) is 6.70. The van der Waals surface area contributed by atoms with Gasteiger partial charge in [0.15, 0.2) is 11.2 Å². The Bertz CT molecular complexity index is 702. The molecule has 1 aliphatic rings. The normalized spacial score (nSPS) is 26.0. The van der Waals surface area contributed by atoms with E-state index in [1.807, 2.05) is 12.1 Å². The van der Waals surface area contributed by atoms with Crippen molar-refractivity contribution in [2.75, 3.05) is 7.05 Å². The Balaban J connectivity index is 1.83. The fourth-order valence-corrected chi connectivity index (χ4v) is 4.33. The van der Waals surface area contributed by atoms with E-state index in [1.165, 1.54) is 15.6 Å². The number of nitrogens with zero attached hydrogens (tertiary/aromatic N) is 2. The minimum atomic E-state index is -1.40. The first kappa shape index (κ1) is 15.3. The van der Waals surface area contributed by atoms with Crippen molar-refractivity contribution in [2.45, 2.75) is 18.5 Å². The van der Waals surface area contributed by atoms with Crippen molar-refractivity contribution in [3.8, 4) is 16.2 Å². The van der Waals surface area contributed by atoms with E-state index >= 15 is 0 Å². The number of carbonyl (C=O) groups is 1. The maximum Gasteiger partial charge on any atom is 0.171 e. The molecule has 1 aliphatic heterocycles. The summed E-state index contributed by atoms with van der Waals surface area (Å²) in [5.74, 6) is 0.217. The summed E-state index contributed by atoms with van der Waals surface area (Å²) in [6.45, 7) is 0. The van der Waals surface area contributed by atoms with Crippen LogP contribution >= 0.6 is 11.3 Å². The minimum absolute atomic E-state index is 0.205. The van der Waals surface area contributed by atoms with Crippen molar-refractivity contribution < 1.29 is 14.1 Å². The van der Waals surface area contributed by atoms with Crippen LogP contribution in [0.3, 0.4) is 0 Å². The molecule has 116 valence electrons. The van der Waals surface area contributed by atoms with Crippen molar-refractivity contribution in [3.05, 3.63) is 35.5 Å². The minimum Gasteiger partial charge on any atom is -0.508 e. The quantitative estimate of drug-likeness (QED) is 0.834. The highest BCUT2D eigenvalue weighted by Crippen LogP contribution is 2.33. The number of rotatable bonds is 3. The van der Waals surface area contributed by atoms with Gasteiger partial charge in [-0.3, -0.25) is 0 Å². The third-order valence-corrected chi connectivity index (χ3v) is 6.02. The van der Waals surface area contributed by atoms with Crippen LogP contribution < -0.4 is 4.72 Å². The van der Waals surface area contributed by atoms with E-state index in [9.17, 15) is 14.1 Å². The number of thiazole rings is 1. The molecule has 0 radical (unpaired) electrons. The Morgan fingerprint density at radius 2 is 2.18 bits per heavy atom. The summed E-state index contributed by atoms with van der Waals surface area (Å²) < 4.78 is 16.5. The smallest absolute Gasteiger partial charge is 0.171 e. The van der Waals surface area contributed by atoms with Crippen LogP contribution in [-0.4, -0.2) is 38.0 Å². The number of phenolic OH excluding ortho intramolecular Hbond substituents is 1. The fourth-order valence-electron chi connectivity index (χ4n) is 2.27. The van der Waals surface area contributed by atoms with Gasteiger partial charge in [0.05, 0.1) is 17.0 Å². The number of carbonyl (C=O) groups excluding carboxylic acids is 1. The molecule has 2 heterocycles. The largest absolute Gasteiger partial charge is 0.508 e. The molecule has 0 aliphatic carbocycles. The molecule has 2 aromatic rings. The Hall–Kier alpha value is -1.61. The SMILES string of the molecule is CN1C(C=O)CC(c2ncc(-c3ccc(O)cc3)s2)NS1=O. The number of hydrogen-bond acceptors (Lipinski definition) is 5. The predicted molar refractivity (Wildman–Crippen MR) is 85.5 cm³/mol. The van der Waals surface area contributed by atoms with Crippen LogP contribution in [0.5, 0.6) is 5.75 Å². The maximum absolute atomic E-state index is 12.0. The molecular weight excluding hydrogens is 322 g/mol. The zero-order chi connectivity index (χ0) is 15.7. The second-order valence-electron chi connectivity index (χ2n) is 5.01. The van der Waals surface area contributed by atoms with Crippen molar-refractivity contribution in [3.63, 3.8) is 0 Å². The van der Waals surface area contributed by atoms with Gasteiger partial charge in [-0.05, 0) is 36.2 Å². The number of aldehydes is 1. The number of aromatic hydroxyl groups is 1. The highest BCUT2D eigenvalue weighted by molar-refractivity contribution is 7.80. The molecule has 22 heavy (non-hydrogen) atoms. The molecule has 0 spiro atoms. The van der Waals surface area contributed by atoms with Crippen LogP contribution in [0.4, 0.5) is 0 Å². The molecule has 0 amide bonds. The summed E-state index contributed by atoms with van der Waals surface area (Å²) in [6, 6.07) is 6.30. The lowest BCUT2D eigenvalue weighted by molar-refractivity contribution is -0.111. The van der Waals surface area contributed by atoms with Gasteiger partial charge < -0.3 is 9.90 Å². The molecule has 3 unspecified atom stereocenters. The van der Waals surface area contributed by atoms with E-state index < -0.39 is 11.2 Å². The molecule has 0 saturated carbocycles. The predicted octanol–water partition coefficient (Wildman–Crippen LogP) is 1.63. The standard InChI is InChI=1S/C14H15N3O3S2/c1-17-10(8-18)6-12(16-22(17)20)14-15-7-13(21-14)9-2-4-11(19)5-3-9/h2-5,7-8,10,12,16,19H,6H2,1H3. The Labute approximate surface area is 134 Å². The molecule has 1 aromatic carbocycles. The van der Waals surface area contributed by atoms with Crippen LogP contribution in [-0.2, 0) is 16.0 Å². The Morgan fingerprint density at radius 1 is 1.45 bits per heavy atom. The van der Waals surface area contributed by atoms with Gasteiger partial charge in [0.25, 0.3) is 0 Å². The van der Waals surface area contributed by atoms with E-state index in [-0.39, 0.29) is 17.8 Å². The van der Waals surface area contributed by atoms with Crippen LogP contribution in [0.25, 0.3) is 10.4 Å². The summed E-state index contributed by atoms with van der Waals surface area (Å²) in [4.78, 5) is 16.5. The highest BCUT2D eigenvalue weighted by Gasteiger charge is 2.33. The zero-order valence-electron chi connectivity index (χ0n) is 11.8. The lowest BCUT2D eigenvalue weighted by atomic mass is 10.1. The summed E-state index contributed by atoms with van der Waals surface area (Å²) in [7, 11) is 1.65. The first-order chi connectivity index (χ1) is 10.6. The lowest BCUT2D eigenvalue weighted by Gasteiger charge is -2.32. The highest BCUT2D eigenvalue weighted by atomic mass is 32.2. The van der Waals surface area contributed by atoms with E-state index in [1.54, 1.807) is 25.4 Å². The van der Waals surface area contributed by atoms with E-state index in [2.05, 4.69) is 9.71 Å². The number of likely N-dealkylation sites (N-methyl/N-ethyl adjacent to an activating group) is 1. The molecule has 1 fully saturated rings. The van der Waals surface area contributed by atoms with Gasteiger partial charge in [-0.1, -0.05) is 0 Å². The molecule has 1 saturated heterocycles. The molecule has 3 atom stereocenters. The third-order valence-electron chi connectivity index (χ3n) is 3.58. The van der Waals surface area contributed by atoms with E-state index in [0.29, 0.717) is 6.42 Å². The number of hydrogen-bond donors (Lipinski definition) is 2. The number of nitrogens with one attached hydrogen (secondary N) is 1. The molecular formula is C14H15N3O3S2. The van der Waals surface area contributed by atoms with Crippen LogP contribution in [0, 0.1) is 0 Å².